The Morgan fingerprint density at radius 1 is 0.155 bits per heavy atom. The number of rotatable bonds is 7. The monoisotopic (exact) mass is 1240 g/mol. The average Bonchev–Trinajstić information content (AvgIpc) is 1.56. The van der Waals surface area contributed by atoms with Crippen molar-refractivity contribution in [1.29, 1.82) is 0 Å². The van der Waals surface area contributed by atoms with Crippen LogP contribution in [0.2, 0.25) is 0 Å². The molecule has 22 aromatic rings. The largest absolute Gasteiger partial charge is 0.309 e. The Bertz CT molecular complexity index is 6620. The van der Waals surface area contributed by atoms with Crippen molar-refractivity contribution in [1.82, 2.24) is 41.9 Å². The van der Waals surface area contributed by atoms with E-state index in [-0.39, 0.29) is 0 Å². The Morgan fingerprint density at radius 2 is 0.371 bits per heavy atom. The summed E-state index contributed by atoms with van der Waals surface area (Å²) in [6, 6.07) is 115. The minimum Gasteiger partial charge on any atom is -0.309 e. The Balaban J connectivity index is 1.14. The fourth-order valence-corrected chi connectivity index (χ4v) is 17.0. The van der Waals surface area contributed by atoms with Crippen LogP contribution in [0.3, 0.4) is 0 Å². The van der Waals surface area contributed by atoms with Crippen LogP contribution < -0.4 is 0 Å². The average molecular weight is 1240 g/mol. The van der Waals surface area contributed by atoms with Gasteiger partial charge in [0.25, 0.3) is 0 Å². The molecule has 0 amide bonds. The van der Waals surface area contributed by atoms with E-state index in [4.69, 9.17) is 9.97 Å². The summed E-state index contributed by atoms with van der Waals surface area (Å²) in [4.78, 5) is 10.8. The first-order valence-electron chi connectivity index (χ1n) is 33.2. The van der Waals surface area contributed by atoms with Crippen molar-refractivity contribution in [3.05, 3.63) is 322 Å². The van der Waals surface area contributed by atoms with E-state index in [1.165, 1.54) is 10.8 Å². The van der Waals surface area contributed by atoms with E-state index >= 15 is 0 Å². The van der Waals surface area contributed by atoms with Gasteiger partial charge in [-0.1, -0.05) is 200 Å². The Hall–Kier alpha value is -13.2. The predicted octanol–water partition coefficient (Wildman–Crippen LogP) is 22.2. The van der Waals surface area contributed by atoms with E-state index in [2.05, 4.69) is 341 Å². The van der Waals surface area contributed by atoms with Gasteiger partial charge in [-0.05, 0) is 109 Å². The minimum absolute atomic E-state index is 0.904. The van der Waals surface area contributed by atoms with Crippen molar-refractivity contribution in [3.8, 4) is 39.8 Å². The second-order valence-corrected chi connectivity index (χ2v) is 25.6. The van der Waals surface area contributed by atoms with Crippen molar-refractivity contribution < 1.29 is 0 Å². The number of fused-ring (bicyclic) bond motifs is 21. The van der Waals surface area contributed by atoms with E-state index in [0.717, 1.165) is 182 Å². The first-order valence-corrected chi connectivity index (χ1v) is 33.2. The van der Waals surface area contributed by atoms with Crippen LogP contribution in [0.15, 0.2) is 322 Å². The van der Waals surface area contributed by atoms with Crippen molar-refractivity contribution in [2.75, 3.05) is 0 Å². The maximum atomic E-state index is 5.41. The van der Waals surface area contributed by atoms with Crippen LogP contribution in [-0.2, 0) is 0 Å². The van der Waals surface area contributed by atoms with Gasteiger partial charge < -0.3 is 32.0 Å². The smallest absolute Gasteiger partial charge is 0.0992 e. The van der Waals surface area contributed by atoms with Gasteiger partial charge in [0.05, 0.1) is 122 Å². The lowest BCUT2D eigenvalue weighted by molar-refractivity contribution is 0.970. The maximum absolute atomic E-state index is 5.41. The third-order valence-electron chi connectivity index (χ3n) is 20.8. The second-order valence-electron chi connectivity index (χ2n) is 25.6. The van der Waals surface area contributed by atoms with E-state index in [9.17, 15) is 0 Å². The molecule has 0 atom stereocenters. The molecular formula is C88H53N9. The molecule has 13 aromatic carbocycles. The summed E-state index contributed by atoms with van der Waals surface area (Å²) in [5, 5.41) is 13.6. The highest BCUT2D eigenvalue weighted by molar-refractivity contribution is 6.22. The van der Waals surface area contributed by atoms with E-state index < -0.39 is 0 Å². The zero-order chi connectivity index (χ0) is 63.1. The van der Waals surface area contributed by atoms with Crippen LogP contribution in [0.4, 0.5) is 0 Å². The highest BCUT2D eigenvalue weighted by atomic mass is 15.2. The molecule has 0 N–H and O–H groups in total. The van der Waals surface area contributed by atoms with Gasteiger partial charge in [0.15, 0.2) is 0 Å². The Morgan fingerprint density at radius 3 is 0.691 bits per heavy atom. The van der Waals surface area contributed by atoms with Crippen molar-refractivity contribution in [2.45, 2.75) is 0 Å². The molecule has 450 valence electrons. The second kappa shape index (κ2) is 19.7. The van der Waals surface area contributed by atoms with Crippen LogP contribution in [-0.4, -0.2) is 41.9 Å². The summed E-state index contributed by atoms with van der Waals surface area (Å²) in [6.07, 6.45) is 3.89. The molecule has 97 heavy (non-hydrogen) atoms. The minimum atomic E-state index is 0.904. The number of nitrogens with zero attached hydrogens (tertiary/aromatic N) is 9. The van der Waals surface area contributed by atoms with Gasteiger partial charge in [-0.2, -0.15) is 0 Å². The number of aromatic nitrogens is 9. The molecular weight excluding hydrogens is 1180 g/mol. The quantitative estimate of drug-likeness (QED) is 0.160. The van der Waals surface area contributed by atoms with E-state index in [1.54, 1.807) is 0 Å². The zero-order valence-electron chi connectivity index (χ0n) is 52.1. The molecule has 22 rings (SSSR count). The molecule has 0 spiro atoms. The van der Waals surface area contributed by atoms with Gasteiger partial charge in [0.2, 0.25) is 0 Å². The molecule has 0 radical (unpaired) electrons. The van der Waals surface area contributed by atoms with Crippen molar-refractivity contribution in [2.24, 2.45) is 0 Å². The Kier molecular flexibility index (Phi) is 10.6. The molecule has 0 aliphatic heterocycles. The number of hydrogen-bond acceptors (Lipinski definition) is 2. The molecule has 0 aliphatic rings. The van der Waals surface area contributed by atoms with Gasteiger partial charge in [0, 0.05) is 82.7 Å². The number of benzene rings is 13. The highest BCUT2D eigenvalue weighted by Crippen LogP contribution is 2.55. The standard InChI is InChI=1S/C88H53N9/c1-2-26-54(27-3-1)91-67-38-14-10-34-61(67)65-52-66-62-35-11-21-45-74(62)97(80(66)53-79(65)91)88-84(93-70-41-17-6-30-57(70)58-31-7-18-42-71(58)93)83(92-68-39-15-4-28-55(68)56-29-5-16-40-69(56)92)86(95-75-46-22-12-36-63(75)81-77(95)48-24-50-89-81)85(94-72-43-19-8-32-59(72)60-33-9-20-44-73(60)94)87(88)96-76-47-23-13-37-64(76)82-78(96)49-25-51-90-82/h1-53H. The topological polar surface area (TPSA) is 60.3 Å². The lowest BCUT2D eigenvalue weighted by Gasteiger charge is -2.32. The highest BCUT2D eigenvalue weighted by Gasteiger charge is 2.38. The van der Waals surface area contributed by atoms with Crippen LogP contribution >= 0.6 is 0 Å². The fraction of sp³-hybridized carbons (Fsp3) is 0. The summed E-state index contributed by atoms with van der Waals surface area (Å²) in [7, 11) is 0. The van der Waals surface area contributed by atoms with Gasteiger partial charge >= 0.3 is 0 Å². The van der Waals surface area contributed by atoms with Crippen LogP contribution in [0, 0.1) is 0 Å². The van der Waals surface area contributed by atoms with Gasteiger partial charge in [0.1, 0.15) is 0 Å². The third-order valence-corrected chi connectivity index (χ3v) is 20.8. The molecule has 0 unspecified atom stereocenters. The molecule has 9 nitrogen and oxygen atoms in total. The summed E-state index contributed by atoms with van der Waals surface area (Å²) >= 11 is 0. The Labute approximate surface area is 553 Å². The summed E-state index contributed by atoms with van der Waals surface area (Å²) < 4.78 is 18.1. The first-order chi connectivity index (χ1) is 48.2. The molecule has 0 saturated heterocycles. The summed E-state index contributed by atoms with van der Waals surface area (Å²) in [5.41, 5.74) is 23.3. The van der Waals surface area contributed by atoms with E-state index in [1.807, 2.05) is 12.4 Å². The molecule has 0 bridgehead atoms. The summed E-state index contributed by atoms with van der Waals surface area (Å²) in [5.74, 6) is 0. The molecule has 0 saturated carbocycles. The first kappa shape index (κ1) is 52.3. The molecule has 0 fully saturated rings. The van der Waals surface area contributed by atoms with Gasteiger partial charge in [-0.15, -0.1) is 0 Å². The maximum Gasteiger partial charge on any atom is 0.0992 e. The molecule has 9 heterocycles. The van der Waals surface area contributed by atoms with Gasteiger partial charge in [-0.25, -0.2) is 0 Å². The van der Waals surface area contributed by atoms with Crippen LogP contribution in [0.1, 0.15) is 0 Å². The van der Waals surface area contributed by atoms with Crippen LogP contribution in [0.25, 0.3) is 193 Å². The molecule has 9 aromatic heterocycles. The number of pyridine rings is 2. The van der Waals surface area contributed by atoms with Crippen LogP contribution in [0.5, 0.6) is 0 Å². The molecule has 9 heteroatoms. The van der Waals surface area contributed by atoms with Gasteiger partial charge in [-0.3, -0.25) is 9.97 Å². The molecule has 0 aliphatic carbocycles. The van der Waals surface area contributed by atoms with E-state index in [0.29, 0.717) is 0 Å². The number of para-hydroxylation sites is 11. The van der Waals surface area contributed by atoms with Crippen molar-refractivity contribution in [3.63, 3.8) is 0 Å². The lowest BCUT2D eigenvalue weighted by atomic mass is 10.0. The summed E-state index contributed by atoms with van der Waals surface area (Å²) in [6.45, 7) is 0. The van der Waals surface area contributed by atoms with Crippen molar-refractivity contribution >= 4 is 153 Å². The predicted molar refractivity (Wildman–Crippen MR) is 402 cm³/mol. The fourth-order valence-electron chi connectivity index (χ4n) is 17.0. The lowest BCUT2D eigenvalue weighted by Crippen LogP contribution is -2.20. The third kappa shape index (κ3) is 6.95. The normalized spacial score (nSPS) is 12.3. The number of hydrogen-bond donors (Lipinski definition) is 0. The SMILES string of the molecule is c1ccc(-n2c3ccccc3c3cc4c5ccccc5n(-c5c(-n6c7ccccc7c7ccccc76)c(-n6c7ccccc7c7ccccc76)c(-n6c7ccccc7c7ncccc76)c(-n6c7ccccc7c7ccccc76)c5-n5c6ccccc6c6ncccc65)c4cc32)cc1. The zero-order valence-corrected chi connectivity index (χ0v) is 52.1.